The minimum Gasteiger partial charge on any atom is -0.493 e. The zero-order valence-electron chi connectivity index (χ0n) is 16.0. The van der Waals surface area contributed by atoms with E-state index in [0.717, 1.165) is 24.3 Å². The number of fused-ring (bicyclic) bond motifs is 1. The van der Waals surface area contributed by atoms with Crippen molar-refractivity contribution < 1.29 is 23.0 Å². The second-order valence-corrected chi connectivity index (χ2v) is 7.76. The molecule has 4 rings (SSSR count). The van der Waals surface area contributed by atoms with Crippen LogP contribution >= 0.6 is 0 Å². The molecule has 0 saturated carbocycles. The van der Waals surface area contributed by atoms with Gasteiger partial charge in [0.15, 0.2) is 0 Å². The van der Waals surface area contributed by atoms with E-state index in [1.54, 1.807) is 0 Å². The van der Waals surface area contributed by atoms with E-state index in [1.165, 1.54) is 23.8 Å². The van der Waals surface area contributed by atoms with Gasteiger partial charge in [-0.25, -0.2) is 13.8 Å². The van der Waals surface area contributed by atoms with Crippen LogP contribution in [-0.2, 0) is 11.2 Å². The molecule has 4 nitrogen and oxygen atoms in total. The summed E-state index contributed by atoms with van der Waals surface area (Å²) < 4.78 is 45.0. The molecule has 0 fully saturated rings. The molecule has 2 aliphatic rings. The lowest BCUT2D eigenvalue weighted by atomic mass is 9.94. The molecule has 0 amide bonds. The molecule has 28 heavy (non-hydrogen) atoms. The Morgan fingerprint density at radius 3 is 2.75 bits per heavy atom. The Balaban J connectivity index is 1.36. The van der Waals surface area contributed by atoms with E-state index in [1.807, 2.05) is 18.2 Å². The molecular weight excluding hydrogens is 364 g/mol. The number of halogens is 2. The maximum atomic E-state index is 13.9. The monoisotopic (exact) mass is 387 g/mol. The third-order valence-electron chi connectivity index (χ3n) is 5.03. The van der Waals surface area contributed by atoms with Gasteiger partial charge in [0.2, 0.25) is 5.90 Å². The highest BCUT2D eigenvalue weighted by Gasteiger charge is 2.27. The van der Waals surface area contributed by atoms with Crippen molar-refractivity contribution in [3.8, 4) is 11.5 Å². The zero-order chi connectivity index (χ0) is 19.7. The summed E-state index contributed by atoms with van der Waals surface area (Å²) in [5, 5.41) is 0. The molecule has 148 valence electrons. The van der Waals surface area contributed by atoms with Crippen molar-refractivity contribution in [3.05, 3.63) is 59.2 Å². The molecule has 0 spiro atoms. The van der Waals surface area contributed by atoms with Gasteiger partial charge in [0.1, 0.15) is 40.9 Å². The van der Waals surface area contributed by atoms with Crippen molar-refractivity contribution in [1.29, 1.82) is 0 Å². The topological polar surface area (TPSA) is 40.0 Å². The van der Waals surface area contributed by atoms with Crippen molar-refractivity contribution in [3.63, 3.8) is 0 Å². The molecule has 0 aromatic heterocycles. The Bertz CT molecular complexity index is 890. The van der Waals surface area contributed by atoms with Gasteiger partial charge in [-0.3, -0.25) is 0 Å². The second-order valence-electron chi connectivity index (χ2n) is 7.76. The molecule has 6 heteroatoms. The average Bonchev–Trinajstić information content (AvgIpc) is 3.09. The van der Waals surface area contributed by atoms with Crippen LogP contribution in [0.25, 0.3) is 0 Å². The lowest BCUT2D eigenvalue weighted by molar-refractivity contribution is 0.0842. The first-order valence-corrected chi connectivity index (χ1v) is 9.51. The molecule has 0 bridgehead atoms. The van der Waals surface area contributed by atoms with Crippen LogP contribution in [0.2, 0.25) is 0 Å². The quantitative estimate of drug-likeness (QED) is 0.748. The van der Waals surface area contributed by atoms with Crippen LogP contribution in [0, 0.1) is 11.6 Å². The molecular formula is C22H23F2NO3. The summed E-state index contributed by atoms with van der Waals surface area (Å²) in [6.07, 6.45) is 2.57. The zero-order valence-corrected chi connectivity index (χ0v) is 16.0. The first-order valence-electron chi connectivity index (χ1n) is 9.51. The van der Waals surface area contributed by atoms with Crippen molar-refractivity contribution in [2.45, 2.75) is 44.8 Å². The highest BCUT2D eigenvalue weighted by molar-refractivity contribution is 5.95. The maximum Gasteiger partial charge on any atom is 0.222 e. The van der Waals surface area contributed by atoms with Gasteiger partial charge in [0.05, 0.1) is 12.6 Å². The fourth-order valence-corrected chi connectivity index (χ4v) is 3.43. The second kappa shape index (κ2) is 7.41. The molecule has 2 aromatic rings. The van der Waals surface area contributed by atoms with E-state index in [4.69, 9.17) is 14.2 Å². The minimum atomic E-state index is -0.673. The van der Waals surface area contributed by atoms with Crippen LogP contribution in [0.3, 0.4) is 0 Å². The van der Waals surface area contributed by atoms with Gasteiger partial charge in [-0.1, -0.05) is 12.1 Å². The molecule has 0 aliphatic carbocycles. The number of ether oxygens (including phenoxy) is 3. The number of aryl methyl sites for hydroxylation is 1. The van der Waals surface area contributed by atoms with Gasteiger partial charge >= 0.3 is 0 Å². The van der Waals surface area contributed by atoms with E-state index in [9.17, 15) is 8.78 Å². The molecule has 1 atom stereocenters. The largest absolute Gasteiger partial charge is 0.493 e. The van der Waals surface area contributed by atoms with Crippen LogP contribution < -0.4 is 9.47 Å². The van der Waals surface area contributed by atoms with Crippen molar-refractivity contribution in [2.75, 3.05) is 13.2 Å². The Hall–Kier alpha value is -2.63. The van der Waals surface area contributed by atoms with Crippen LogP contribution in [0.4, 0.5) is 8.78 Å². The minimum absolute atomic E-state index is 0.0185. The van der Waals surface area contributed by atoms with Gasteiger partial charge < -0.3 is 14.2 Å². The summed E-state index contributed by atoms with van der Waals surface area (Å²) in [5.74, 6) is 0.276. The Kier molecular flexibility index (Phi) is 4.96. The summed E-state index contributed by atoms with van der Waals surface area (Å²) in [6.45, 7) is 4.87. The van der Waals surface area contributed by atoms with Crippen LogP contribution in [0.1, 0.15) is 37.8 Å². The van der Waals surface area contributed by atoms with E-state index in [0.29, 0.717) is 13.0 Å². The number of hydrogen-bond donors (Lipinski definition) is 0. The molecule has 0 saturated heterocycles. The number of hydrogen-bond acceptors (Lipinski definition) is 4. The summed E-state index contributed by atoms with van der Waals surface area (Å²) in [5.41, 5.74) is 0.817. The van der Waals surface area contributed by atoms with Gasteiger partial charge in [0.25, 0.3) is 0 Å². The average molecular weight is 387 g/mol. The number of aliphatic imine (C=N–C) groups is 1. The van der Waals surface area contributed by atoms with E-state index in [-0.39, 0.29) is 29.7 Å². The van der Waals surface area contributed by atoms with E-state index in [2.05, 4.69) is 18.8 Å². The first kappa shape index (κ1) is 18.7. The number of nitrogens with zero attached hydrogens (tertiary/aromatic N) is 1. The van der Waals surface area contributed by atoms with E-state index >= 15 is 0 Å². The highest BCUT2D eigenvalue weighted by atomic mass is 19.1. The number of rotatable bonds is 5. The third kappa shape index (κ3) is 3.96. The maximum absolute atomic E-state index is 13.9. The Labute approximate surface area is 163 Å². The van der Waals surface area contributed by atoms with Crippen molar-refractivity contribution in [1.82, 2.24) is 0 Å². The fraction of sp³-hybridized carbons (Fsp3) is 0.409. The molecule has 0 radical (unpaired) electrons. The van der Waals surface area contributed by atoms with E-state index < -0.39 is 11.6 Å². The molecule has 2 aromatic carbocycles. The normalized spacial score (nSPS) is 20.0. The molecule has 1 unspecified atom stereocenters. The van der Waals surface area contributed by atoms with Gasteiger partial charge in [0, 0.05) is 12.5 Å². The lowest BCUT2D eigenvalue weighted by Gasteiger charge is -2.32. The highest BCUT2D eigenvalue weighted by Crippen LogP contribution is 2.35. The summed E-state index contributed by atoms with van der Waals surface area (Å²) in [4.78, 5) is 4.31. The van der Waals surface area contributed by atoms with Crippen LogP contribution in [0.5, 0.6) is 11.5 Å². The standard InChI is InChI=1S/C22H23F2NO3/c1-22(2)10-8-14-6-7-16(12-19(14)28-22)26-11-9-15-13-27-21(25-15)20-17(23)4-3-5-18(20)24/h3-7,12,15H,8-11,13H2,1-2H3. The smallest absolute Gasteiger partial charge is 0.222 e. The summed E-state index contributed by atoms with van der Waals surface area (Å²) in [6, 6.07) is 9.41. The lowest BCUT2D eigenvalue weighted by Crippen LogP contribution is -2.32. The Morgan fingerprint density at radius 1 is 1.18 bits per heavy atom. The Morgan fingerprint density at radius 2 is 1.96 bits per heavy atom. The van der Waals surface area contributed by atoms with Crippen LogP contribution in [0.15, 0.2) is 41.4 Å². The molecule has 0 N–H and O–H groups in total. The third-order valence-corrected chi connectivity index (χ3v) is 5.03. The van der Waals surface area contributed by atoms with Crippen molar-refractivity contribution in [2.24, 2.45) is 4.99 Å². The molecule has 2 aliphatic heterocycles. The van der Waals surface area contributed by atoms with Crippen LogP contribution in [-0.4, -0.2) is 30.8 Å². The first-order chi connectivity index (χ1) is 13.4. The van der Waals surface area contributed by atoms with Gasteiger partial charge in [-0.05, 0) is 50.5 Å². The van der Waals surface area contributed by atoms with Gasteiger partial charge in [-0.15, -0.1) is 0 Å². The predicted molar refractivity (Wildman–Crippen MR) is 102 cm³/mol. The summed E-state index contributed by atoms with van der Waals surface area (Å²) in [7, 11) is 0. The number of benzene rings is 2. The van der Waals surface area contributed by atoms with Crippen molar-refractivity contribution >= 4 is 5.90 Å². The molecule has 2 heterocycles. The SMILES string of the molecule is CC1(C)CCc2ccc(OCCC3COC(c4c(F)cccc4F)=N3)cc2O1. The summed E-state index contributed by atoms with van der Waals surface area (Å²) >= 11 is 0. The van der Waals surface area contributed by atoms with Gasteiger partial charge in [-0.2, -0.15) is 0 Å². The predicted octanol–water partition coefficient (Wildman–Crippen LogP) is 4.68. The fourth-order valence-electron chi connectivity index (χ4n) is 3.43.